The number of ether oxygens (including phenoxy) is 1. The van der Waals surface area contributed by atoms with Crippen LogP contribution in [0.3, 0.4) is 0 Å². The predicted octanol–water partition coefficient (Wildman–Crippen LogP) is 1.90. The lowest BCUT2D eigenvalue weighted by molar-refractivity contribution is 0.0187. The molecule has 0 bridgehead atoms. The fraction of sp³-hybridized carbons (Fsp3) is 0.714. The van der Waals surface area contributed by atoms with Crippen LogP contribution in [0.1, 0.15) is 39.4 Å². The molecule has 6 nitrogen and oxygen atoms in total. The second kappa shape index (κ2) is 6.26. The minimum absolute atomic E-state index is 0.220. The molecule has 2 N–H and O–H groups in total. The van der Waals surface area contributed by atoms with Crippen LogP contribution in [0.15, 0.2) is 12.4 Å². The molecule has 0 saturated carbocycles. The number of amides is 1. The van der Waals surface area contributed by atoms with Gasteiger partial charge in [0.1, 0.15) is 11.4 Å². The van der Waals surface area contributed by atoms with Crippen molar-refractivity contribution in [2.75, 3.05) is 13.1 Å². The molecule has 1 fully saturated rings. The number of likely N-dealkylation sites (tertiary alicyclic amines) is 1. The summed E-state index contributed by atoms with van der Waals surface area (Å²) >= 11 is 0. The third-order valence-electron chi connectivity index (χ3n) is 3.19. The van der Waals surface area contributed by atoms with Gasteiger partial charge in [0.15, 0.2) is 0 Å². The summed E-state index contributed by atoms with van der Waals surface area (Å²) in [5.74, 6) is 0.916. The zero-order chi connectivity index (χ0) is 14.6. The Kier molecular flexibility index (Phi) is 4.65. The van der Waals surface area contributed by atoms with E-state index >= 15 is 0 Å². The van der Waals surface area contributed by atoms with Crippen LogP contribution in [0, 0.1) is 0 Å². The summed E-state index contributed by atoms with van der Waals surface area (Å²) < 4.78 is 5.42. The van der Waals surface area contributed by atoms with E-state index in [0.29, 0.717) is 19.1 Å². The van der Waals surface area contributed by atoms with E-state index in [1.807, 2.05) is 27.0 Å². The molecule has 0 aliphatic carbocycles. The Hall–Kier alpha value is -1.56. The topological polar surface area (TPSA) is 70.2 Å². The van der Waals surface area contributed by atoms with Crippen molar-refractivity contribution in [3.05, 3.63) is 18.2 Å². The highest BCUT2D eigenvalue weighted by Gasteiger charge is 2.27. The van der Waals surface area contributed by atoms with Crippen molar-refractivity contribution in [1.82, 2.24) is 20.2 Å². The Morgan fingerprint density at radius 2 is 2.40 bits per heavy atom. The summed E-state index contributed by atoms with van der Waals surface area (Å²) in [5, 5.41) is 3.43. The number of hydrogen-bond acceptors (Lipinski definition) is 4. The molecule has 112 valence electrons. The van der Waals surface area contributed by atoms with Crippen molar-refractivity contribution in [1.29, 1.82) is 0 Å². The van der Waals surface area contributed by atoms with E-state index in [-0.39, 0.29) is 6.09 Å². The quantitative estimate of drug-likeness (QED) is 0.887. The standard InChI is InChI=1S/C14H24N4O2/c1-14(2,3)20-13(19)18-8-4-5-11(10-18)17-9-12-15-6-7-16-12/h6-7,11,17H,4-5,8-10H2,1-3H3,(H,15,16)/t11-/m0/s1. The molecule has 1 amide bonds. The summed E-state index contributed by atoms with van der Waals surface area (Å²) in [7, 11) is 0. The lowest BCUT2D eigenvalue weighted by Gasteiger charge is -2.34. The maximum Gasteiger partial charge on any atom is 0.410 e. The van der Waals surface area contributed by atoms with Gasteiger partial charge in [-0.05, 0) is 33.6 Å². The molecule has 2 rings (SSSR count). The fourth-order valence-electron chi connectivity index (χ4n) is 2.27. The lowest BCUT2D eigenvalue weighted by atomic mass is 10.1. The smallest absolute Gasteiger partial charge is 0.410 e. The minimum Gasteiger partial charge on any atom is -0.444 e. The van der Waals surface area contributed by atoms with Gasteiger partial charge >= 0.3 is 6.09 Å². The van der Waals surface area contributed by atoms with E-state index in [0.717, 1.165) is 25.2 Å². The summed E-state index contributed by atoms with van der Waals surface area (Å²) in [6.07, 6.45) is 5.40. The molecule has 6 heteroatoms. The normalized spacial score (nSPS) is 19.9. The number of piperidine rings is 1. The molecular weight excluding hydrogens is 256 g/mol. The predicted molar refractivity (Wildman–Crippen MR) is 76.3 cm³/mol. The molecular formula is C14H24N4O2. The number of H-pyrrole nitrogens is 1. The highest BCUT2D eigenvalue weighted by Crippen LogP contribution is 2.15. The van der Waals surface area contributed by atoms with Gasteiger partial charge in [-0.1, -0.05) is 0 Å². The highest BCUT2D eigenvalue weighted by atomic mass is 16.6. The minimum atomic E-state index is -0.439. The maximum absolute atomic E-state index is 12.0. The van der Waals surface area contributed by atoms with Gasteiger partial charge in [0.05, 0.1) is 6.54 Å². The number of aromatic amines is 1. The maximum atomic E-state index is 12.0. The van der Waals surface area contributed by atoms with Gasteiger partial charge in [0.2, 0.25) is 0 Å². The first-order chi connectivity index (χ1) is 9.44. The average Bonchev–Trinajstić information content (AvgIpc) is 2.88. The number of hydrogen-bond donors (Lipinski definition) is 2. The van der Waals surface area contributed by atoms with Crippen LogP contribution in [0.5, 0.6) is 0 Å². The van der Waals surface area contributed by atoms with Gasteiger partial charge in [0, 0.05) is 31.5 Å². The summed E-state index contributed by atoms with van der Waals surface area (Å²) in [6.45, 7) is 7.83. The first-order valence-corrected chi connectivity index (χ1v) is 7.13. The summed E-state index contributed by atoms with van der Waals surface area (Å²) in [5.41, 5.74) is -0.439. The number of imidazole rings is 1. The van der Waals surface area contributed by atoms with Gasteiger partial charge in [-0.3, -0.25) is 0 Å². The molecule has 1 aliphatic rings. The summed E-state index contributed by atoms with van der Waals surface area (Å²) in [6, 6.07) is 0.293. The molecule has 1 aliphatic heterocycles. The highest BCUT2D eigenvalue weighted by molar-refractivity contribution is 5.68. The average molecular weight is 280 g/mol. The molecule has 1 saturated heterocycles. The van der Waals surface area contributed by atoms with Crippen molar-refractivity contribution in [3.8, 4) is 0 Å². The number of carbonyl (C=O) groups is 1. The SMILES string of the molecule is CC(C)(C)OC(=O)N1CCC[C@H](NCc2ncc[nH]2)C1. The van der Waals surface area contributed by atoms with E-state index in [2.05, 4.69) is 15.3 Å². The van der Waals surface area contributed by atoms with E-state index in [9.17, 15) is 4.79 Å². The van der Waals surface area contributed by atoms with Gasteiger partial charge in [-0.2, -0.15) is 0 Å². The number of carbonyl (C=O) groups excluding carboxylic acids is 1. The van der Waals surface area contributed by atoms with E-state index in [1.165, 1.54) is 0 Å². The first-order valence-electron chi connectivity index (χ1n) is 7.13. The van der Waals surface area contributed by atoms with E-state index in [4.69, 9.17) is 4.74 Å². The third kappa shape index (κ3) is 4.52. The largest absolute Gasteiger partial charge is 0.444 e. The lowest BCUT2D eigenvalue weighted by Crippen LogP contribution is -2.49. The van der Waals surface area contributed by atoms with Crippen molar-refractivity contribution >= 4 is 6.09 Å². The Morgan fingerprint density at radius 1 is 1.60 bits per heavy atom. The Bertz CT molecular complexity index is 425. The zero-order valence-electron chi connectivity index (χ0n) is 12.5. The Morgan fingerprint density at radius 3 is 3.05 bits per heavy atom. The number of aromatic nitrogens is 2. The van der Waals surface area contributed by atoms with Crippen LogP contribution in [0.4, 0.5) is 4.79 Å². The molecule has 2 heterocycles. The monoisotopic (exact) mass is 280 g/mol. The third-order valence-corrected chi connectivity index (χ3v) is 3.19. The summed E-state index contributed by atoms with van der Waals surface area (Å²) in [4.78, 5) is 21.1. The molecule has 0 spiro atoms. The fourth-order valence-corrected chi connectivity index (χ4v) is 2.27. The van der Waals surface area contributed by atoms with Crippen LogP contribution >= 0.6 is 0 Å². The van der Waals surface area contributed by atoms with Gasteiger partial charge < -0.3 is 19.9 Å². The first kappa shape index (κ1) is 14.8. The molecule has 20 heavy (non-hydrogen) atoms. The van der Waals surface area contributed by atoms with E-state index < -0.39 is 5.60 Å². The van der Waals surface area contributed by atoms with Crippen molar-refractivity contribution in [3.63, 3.8) is 0 Å². The van der Waals surface area contributed by atoms with Crippen molar-refractivity contribution < 1.29 is 9.53 Å². The number of nitrogens with one attached hydrogen (secondary N) is 2. The molecule has 0 unspecified atom stereocenters. The molecule has 1 atom stereocenters. The van der Waals surface area contributed by atoms with Crippen LogP contribution in [0.25, 0.3) is 0 Å². The second-order valence-corrected chi connectivity index (χ2v) is 6.18. The van der Waals surface area contributed by atoms with Gasteiger partial charge in [-0.15, -0.1) is 0 Å². The Labute approximate surface area is 119 Å². The van der Waals surface area contributed by atoms with Crippen LogP contribution in [-0.2, 0) is 11.3 Å². The molecule has 0 radical (unpaired) electrons. The van der Waals surface area contributed by atoms with Crippen molar-refractivity contribution in [2.45, 2.75) is 51.8 Å². The van der Waals surface area contributed by atoms with E-state index in [1.54, 1.807) is 11.1 Å². The van der Waals surface area contributed by atoms with Gasteiger partial charge in [-0.25, -0.2) is 9.78 Å². The molecule has 0 aromatic carbocycles. The Balaban J connectivity index is 1.80. The zero-order valence-corrected chi connectivity index (χ0v) is 12.5. The van der Waals surface area contributed by atoms with Crippen LogP contribution < -0.4 is 5.32 Å². The van der Waals surface area contributed by atoms with Gasteiger partial charge in [0.25, 0.3) is 0 Å². The molecule has 1 aromatic rings. The number of rotatable bonds is 3. The second-order valence-electron chi connectivity index (χ2n) is 6.18. The van der Waals surface area contributed by atoms with Crippen LogP contribution in [-0.4, -0.2) is 45.7 Å². The molecule has 1 aromatic heterocycles. The number of nitrogens with zero attached hydrogens (tertiary/aromatic N) is 2. The van der Waals surface area contributed by atoms with Crippen LogP contribution in [0.2, 0.25) is 0 Å². The van der Waals surface area contributed by atoms with Crippen molar-refractivity contribution in [2.24, 2.45) is 0 Å².